The fourth-order valence-corrected chi connectivity index (χ4v) is 3.36. The molecule has 0 aromatic heterocycles. The Bertz CT molecular complexity index is 700. The first-order valence-electron chi connectivity index (χ1n) is 7.01. The summed E-state index contributed by atoms with van der Waals surface area (Å²) in [5.74, 6) is 0.810. The molecule has 0 spiro atoms. The maximum Gasteiger partial charge on any atom is 0.264 e. The van der Waals surface area contributed by atoms with E-state index in [1.54, 1.807) is 28.8 Å². The van der Waals surface area contributed by atoms with Gasteiger partial charge in [0, 0.05) is 16.3 Å². The van der Waals surface area contributed by atoms with Crippen LogP contribution < -0.4 is 4.90 Å². The highest BCUT2D eigenvalue weighted by molar-refractivity contribution is 8.14. The van der Waals surface area contributed by atoms with Crippen LogP contribution in [0, 0.1) is 0 Å². The number of rotatable bonds is 2. The van der Waals surface area contributed by atoms with E-state index in [9.17, 15) is 4.79 Å². The van der Waals surface area contributed by atoms with E-state index in [2.05, 4.69) is 4.99 Å². The summed E-state index contributed by atoms with van der Waals surface area (Å²) in [7, 11) is 0. The monoisotopic (exact) mass is 330 g/mol. The number of carbonyl (C=O) groups is 1. The molecule has 2 aromatic rings. The second kappa shape index (κ2) is 6.55. The first-order chi connectivity index (χ1) is 10.6. The third kappa shape index (κ3) is 3.18. The Morgan fingerprint density at radius 1 is 1.18 bits per heavy atom. The number of aliphatic imine (C=N–C) groups is 1. The summed E-state index contributed by atoms with van der Waals surface area (Å²) in [5.41, 5.74) is 1.42. The summed E-state index contributed by atoms with van der Waals surface area (Å²) in [4.78, 5) is 19.2. The molecule has 112 valence electrons. The van der Waals surface area contributed by atoms with Gasteiger partial charge >= 0.3 is 0 Å². The second-order valence-corrected chi connectivity index (χ2v) is 6.48. The van der Waals surface area contributed by atoms with Crippen molar-refractivity contribution in [3.8, 4) is 0 Å². The molecular formula is C17H15ClN2OS. The molecule has 2 aromatic carbocycles. The fraction of sp³-hybridized carbons (Fsp3) is 0.176. The molecule has 0 N–H and O–H groups in total. The van der Waals surface area contributed by atoms with E-state index in [-0.39, 0.29) is 11.9 Å². The Kier molecular flexibility index (Phi) is 4.50. The van der Waals surface area contributed by atoms with Crippen molar-refractivity contribution >= 4 is 40.1 Å². The lowest BCUT2D eigenvalue weighted by Crippen LogP contribution is -2.34. The Morgan fingerprint density at radius 2 is 1.86 bits per heavy atom. The SMILES string of the molecule is C[C@H]1CSC(N(C(=O)c2ccccc2)c2ccc(Cl)cc2)=N1. The number of halogens is 1. The predicted octanol–water partition coefficient (Wildman–Crippen LogP) is 4.48. The van der Waals surface area contributed by atoms with Crippen LogP contribution in [0.3, 0.4) is 0 Å². The van der Waals surface area contributed by atoms with Crippen LogP contribution in [0.1, 0.15) is 17.3 Å². The highest BCUT2D eigenvalue weighted by Gasteiger charge is 2.27. The van der Waals surface area contributed by atoms with Crippen molar-refractivity contribution in [1.82, 2.24) is 0 Å². The zero-order chi connectivity index (χ0) is 15.5. The van der Waals surface area contributed by atoms with E-state index < -0.39 is 0 Å². The maximum absolute atomic E-state index is 12.9. The molecule has 0 fully saturated rings. The molecule has 5 heteroatoms. The van der Waals surface area contributed by atoms with Crippen LogP contribution in [0.2, 0.25) is 5.02 Å². The van der Waals surface area contributed by atoms with Gasteiger partial charge in [-0.05, 0) is 43.3 Å². The molecule has 1 heterocycles. The van der Waals surface area contributed by atoms with Gasteiger partial charge in [0.15, 0.2) is 5.17 Å². The number of amides is 1. The van der Waals surface area contributed by atoms with Crippen molar-refractivity contribution < 1.29 is 4.79 Å². The van der Waals surface area contributed by atoms with E-state index in [1.165, 1.54) is 0 Å². The zero-order valence-electron chi connectivity index (χ0n) is 12.1. The Morgan fingerprint density at radius 3 is 2.45 bits per heavy atom. The zero-order valence-corrected chi connectivity index (χ0v) is 13.6. The van der Waals surface area contributed by atoms with E-state index in [0.717, 1.165) is 16.6 Å². The minimum Gasteiger partial charge on any atom is -0.268 e. The minimum atomic E-state index is -0.0803. The second-order valence-electron chi connectivity index (χ2n) is 5.05. The van der Waals surface area contributed by atoms with Crippen molar-refractivity contribution in [3.63, 3.8) is 0 Å². The van der Waals surface area contributed by atoms with Gasteiger partial charge in [-0.1, -0.05) is 41.6 Å². The summed E-state index contributed by atoms with van der Waals surface area (Å²) < 4.78 is 0. The van der Waals surface area contributed by atoms with Crippen molar-refractivity contribution in [2.75, 3.05) is 10.7 Å². The van der Waals surface area contributed by atoms with Crippen LogP contribution in [-0.4, -0.2) is 22.9 Å². The first kappa shape index (κ1) is 15.1. The minimum absolute atomic E-state index is 0.0803. The van der Waals surface area contributed by atoms with Crippen LogP contribution in [-0.2, 0) is 0 Å². The standard InChI is InChI=1S/C17H15ClN2OS/c1-12-11-22-17(19-12)20(15-9-7-14(18)8-10-15)16(21)13-5-3-2-4-6-13/h2-10,12H,11H2,1H3/t12-/m0/s1. The van der Waals surface area contributed by atoms with Crippen molar-refractivity contribution in [3.05, 3.63) is 65.2 Å². The van der Waals surface area contributed by atoms with E-state index >= 15 is 0 Å². The molecule has 1 amide bonds. The number of benzene rings is 2. The Labute approximate surface area is 139 Å². The lowest BCUT2D eigenvalue weighted by molar-refractivity contribution is 0.100. The lowest BCUT2D eigenvalue weighted by atomic mass is 10.2. The highest BCUT2D eigenvalue weighted by atomic mass is 35.5. The number of thioether (sulfide) groups is 1. The molecule has 1 aliphatic heterocycles. The third-order valence-corrected chi connectivity index (χ3v) is 4.73. The summed E-state index contributed by atoms with van der Waals surface area (Å²) in [6.45, 7) is 2.05. The van der Waals surface area contributed by atoms with Crippen LogP contribution in [0.15, 0.2) is 59.6 Å². The number of carbonyl (C=O) groups excluding carboxylic acids is 1. The number of anilines is 1. The first-order valence-corrected chi connectivity index (χ1v) is 8.37. The predicted molar refractivity (Wildman–Crippen MR) is 94.1 cm³/mol. The molecular weight excluding hydrogens is 316 g/mol. The van der Waals surface area contributed by atoms with E-state index in [0.29, 0.717) is 10.6 Å². The lowest BCUT2D eigenvalue weighted by Gasteiger charge is -2.22. The molecule has 0 bridgehead atoms. The number of hydrogen-bond donors (Lipinski definition) is 0. The molecule has 1 aliphatic rings. The van der Waals surface area contributed by atoms with E-state index in [4.69, 9.17) is 11.6 Å². The topological polar surface area (TPSA) is 32.7 Å². The fourth-order valence-electron chi connectivity index (χ4n) is 2.20. The summed E-state index contributed by atoms with van der Waals surface area (Å²) in [6, 6.07) is 16.7. The Hall–Kier alpha value is -1.78. The third-order valence-electron chi connectivity index (χ3n) is 3.28. The molecule has 22 heavy (non-hydrogen) atoms. The number of amidine groups is 1. The summed E-state index contributed by atoms with van der Waals surface area (Å²) in [6.07, 6.45) is 0. The summed E-state index contributed by atoms with van der Waals surface area (Å²) >= 11 is 7.56. The van der Waals surface area contributed by atoms with Gasteiger partial charge in [-0.25, -0.2) is 0 Å². The molecule has 3 rings (SSSR count). The molecule has 1 atom stereocenters. The molecule has 0 radical (unpaired) electrons. The molecule has 0 saturated carbocycles. The number of nitrogens with zero attached hydrogens (tertiary/aromatic N) is 2. The summed E-state index contributed by atoms with van der Waals surface area (Å²) in [5, 5.41) is 1.38. The van der Waals surface area contributed by atoms with Gasteiger partial charge in [0.1, 0.15) is 0 Å². The van der Waals surface area contributed by atoms with Crippen LogP contribution >= 0.6 is 23.4 Å². The van der Waals surface area contributed by atoms with Gasteiger partial charge < -0.3 is 0 Å². The molecule has 3 nitrogen and oxygen atoms in total. The average molecular weight is 331 g/mol. The van der Waals surface area contributed by atoms with Crippen molar-refractivity contribution in [2.45, 2.75) is 13.0 Å². The quantitative estimate of drug-likeness (QED) is 0.813. The van der Waals surface area contributed by atoms with Crippen molar-refractivity contribution in [2.24, 2.45) is 4.99 Å². The normalized spacial score (nSPS) is 17.2. The van der Waals surface area contributed by atoms with Crippen LogP contribution in [0.5, 0.6) is 0 Å². The van der Waals surface area contributed by atoms with Crippen molar-refractivity contribution in [1.29, 1.82) is 0 Å². The maximum atomic E-state index is 12.9. The van der Waals surface area contributed by atoms with Gasteiger partial charge in [-0.2, -0.15) is 0 Å². The molecule has 0 saturated heterocycles. The van der Waals surface area contributed by atoms with Gasteiger partial charge in [-0.3, -0.25) is 14.7 Å². The largest absolute Gasteiger partial charge is 0.268 e. The highest BCUT2D eigenvalue weighted by Crippen LogP contribution is 2.28. The van der Waals surface area contributed by atoms with Gasteiger partial charge in [-0.15, -0.1) is 0 Å². The van der Waals surface area contributed by atoms with E-state index in [1.807, 2.05) is 49.4 Å². The number of hydrogen-bond acceptors (Lipinski definition) is 3. The van der Waals surface area contributed by atoms with Crippen LogP contribution in [0.4, 0.5) is 5.69 Å². The Balaban J connectivity index is 2.01. The van der Waals surface area contributed by atoms with Gasteiger partial charge in [0.25, 0.3) is 5.91 Å². The van der Waals surface area contributed by atoms with Gasteiger partial charge in [0.05, 0.1) is 11.7 Å². The molecule has 0 unspecified atom stereocenters. The van der Waals surface area contributed by atoms with Crippen LogP contribution in [0.25, 0.3) is 0 Å². The van der Waals surface area contributed by atoms with Gasteiger partial charge in [0.2, 0.25) is 0 Å². The molecule has 0 aliphatic carbocycles. The average Bonchev–Trinajstić information content (AvgIpc) is 2.96. The smallest absolute Gasteiger partial charge is 0.264 e.